The van der Waals surface area contributed by atoms with Crippen molar-refractivity contribution in [2.45, 2.75) is 33.0 Å². The van der Waals surface area contributed by atoms with E-state index in [1.807, 2.05) is 6.92 Å². The van der Waals surface area contributed by atoms with E-state index >= 15 is 0 Å². The van der Waals surface area contributed by atoms with Crippen LogP contribution in [0.15, 0.2) is 0 Å². The monoisotopic (exact) mass is 236 g/mol. The van der Waals surface area contributed by atoms with Gasteiger partial charge in [-0.1, -0.05) is 0 Å². The number of hydrogen-bond acceptors (Lipinski definition) is 5. The fraction of sp³-hybridized carbons (Fsp3) is 0.800. The van der Waals surface area contributed by atoms with E-state index in [0.29, 0.717) is 6.61 Å². The van der Waals surface area contributed by atoms with Gasteiger partial charge in [-0.25, -0.2) is 9.59 Å². The number of carboxylic acid groups (broad SMARTS) is 1. The zero-order valence-corrected chi connectivity index (χ0v) is 10.4. The van der Waals surface area contributed by atoms with Gasteiger partial charge in [-0.3, -0.25) is 0 Å². The van der Waals surface area contributed by atoms with Crippen molar-refractivity contribution >= 4 is 11.9 Å². The van der Waals surface area contributed by atoms with Gasteiger partial charge in [-0.2, -0.15) is 0 Å². The van der Waals surface area contributed by atoms with Gasteiger partial charge in [0, 0.05) is 13.7 Å². The van der Waals surface area contributed by atoms with Crippen LogP contribution in [-0.2, 0) is 23.8 Å². The molecule has 2 unspecified atom stereocenters. The quantitative estimate of drug-likeness (QED) is 0.707. The van der Waals surface area contributed by atoms with E-state index in [9.17, 15) is 9.59 Å². The molecule has 1 N–H and O–H groups in total. The van der Waals surface area contributed by atoms with Crippen molar-refractivity contribution < 1.29 is 28.9 Å². The molecule has 0 fully saturated rings. The fourth-order valence-corrected chi connectivity index (χ4v) is 0.585. The molecule has 0 aromatic heterocycles. The summed E-state index contributed by atoms with van der Waals surface area (Å²) in [6.07, 6.45) is -1.11. The Kier molecular flexibility index (Phi) is 11.2. The average molecular weight is 236 g/mol. The van der Waals surface area contributed by atoms with Crippen LogP contribution < -0.4 is 0 Å². The molecule has 6 nitrogen and oxygen atoms in total. The van der Waals surface area contributed by atoms with Crippen LogP contribution in [0.4, 0.5) is 0 Å². The standard InChI is InChI=1S/C6H12O3.C4H8O3/c1-4-9-5(2)6(7)8-3;1-3(7-2)4(5)6/h5H,4H2,1-3H3;3H,1-2H3,(H,5,6). The van der Waals surface area contributed by atoms with Crippen molar-refractivity contribution in [3.8, 4) is 0 Å². The molecule has 0 bridgehead atoms. The van der Waals surface area contributed by atoms with E-state index < -0.39 is 18.2 Å². The number of hydrogen-bond donors (Lipinski definition) is 1. The lowest BCUT2D eigenvalue weighted by molar-refractivity contribution is -0.152. The predicted octanol–water partition coefficient (Wildman–Crippen LogP) is 0.690. The third-order valence-corrected chi connectivity index (χ3v) is 1.65. The number of ether oxygens (including phenoxy) is 3. The highest BCUT2D eigenvalue weighted by Crippen LogP contribution is 1.91. The van der Waals surface area contributed by atoms with E-state index in [1.54, 1.807) is 6.92 Å². The number of carboxylic acids is 1. The Morgan fingerprint density at radius 2 is 1.69 bits per heavy atom. The summed E-state index contributed by atoms with van der Waals surface area (Å²) >= 11 is 0. The van der Waals surface area contributed by atoms with Crippen molar-refractivity contribution in [2.24, 2.45) is 0 Å². The van der Waals surface area contributed by atoms with Gasteiger partial charge in [0.15, 0.2) is 12.2 Å². The summed E-state index contributed by atoms with van der Waals surface area (Å²) in [7, 11) is 2.70. The maximum atomic E-state index is 10.6. The minimum Gasteiger partial charge on any atom is -0.479 e. The molecule has 0 aliphatic carbocycles. The second-order valence-electron chi connectivity index (χ2n) is 2.84. The number of carbonyl (C=O) groups excluding carboxylic acids is 1. The van der Waals surface area contributed by atoms with Gasteiger partial charge in [0.05, 0.1) is 7.11 Å². The van der Waals surface area contributed by atoms with Crippen molar-refractivity contribution in [1.82, 2.24) is 0 Å². The van der Waals surface area contributed by atoms with Crippen molar-refractivity contribution in [3.63, 3.8) is 0 Å². The van der Waals surface area contributed by atoms with Crippen molar-refractivity contribution in [3.05, 3.63) is 0 Å². The molecule has 16 heavy (non-hydrogen) atoms. The van der Waals surface area contributed by atoms with Gasteiger partial charge >= 0.3 is 11.9 Å². The topological polar surface area (TPSA) is 82.1 Å². The summed E-state index contributed by atoms with van der Waals surface area (Å²) in [5.74, 6) is -1.25. The van der Waals surface area contributed by atoms with Crippen LogP contribution in [0.1, 0.15) is 20.8 Å². The van der Waals surface area contributed by atoms with Crippen molar-refractivity contribution in [2.75, 3.05) is 20.8 Å². The van der Waals surface area contributed by atoms with Gasteiger partial charge in [-0.05, 0) is 20.8 Å². The first-order valence-electron chi connectivity index (χ1n) is 4.85. The lowest BCUT2D eigenvalue weighted by Gasteiger charge is -2.07. The summed E-state index contributed by atoms with van der Waals surface area (Å²) < 4.78 is 13.7. The van der Waals surface area contributed by atoms with Crippen LogP contribution in [0.5, 0.6) is 0 Å². The van der Waals surface area contributed by atoms with Crippen LogP contribution in [0.3, 0.4) is 0 Å². The number of esters is 1. The van der Waals surface area contributed by atoms with Crippen LogP contribution in [-0.4, -0.2) is 50.1 Å². The number of aliphatic carboxylic acids is 1. The molecule has 0 saturated carbocycles. The Hall–Kier alpha value is -1.14. The second-order valence-corrected chi connectivity index (χ2v) is 2.84. The van der Waals surface area contributed by atoms with Gasteiger partial charge in [-0.15, -0.1) is 0 Å². The Bertz CT molecular complexity index is 203. The van der Waals surface area contributed by atoms with E-state index in [4.69, 9.17) is 9.84 Å². The van der Waals surface area contributed by atoms with E-state index in [1.165, 1.54) is 21.1 Å². The molecule has 0 saturated heterocycles. The first kappa shape index (κ1) is 17.3. The predicted molar refractivity (Wildman–Crippen MR) is 57.2 cm³/mol. The summed E-state index contributed by atoms with van der Waals surface area (Å²) in [4.78, 5) is 20.4. The summed E-state index contributed by atoms with van der Waals surface area (Å²) in [5, 5.41) is 8.06. The summed E-state index contributed by atoms with van der Waals surface area (Å²) in [6, 6.07) is 0. The smallest absolute Gasteiger partial charge is 0.334 e. The third kappa shape index (κ3) is 9.42. The molecule has 0 spiro atoms. The average Bonchev–Trinajstić information content (AvgIpc) is 2.27. The molecule has 0 aromatic rings. The largest absolute Gasteiger partial charge is 0.479 e. The molecule has 6 heteroatoms. The van der Waals surface area contributed by atoms with E-state index in [2.05, 4.69) is 9.47 Å². The van der Waals surface area contributed by atoms with Crippen LogP contribution in [0.2, 0.25) is 0 Å². The van der Waals surface area contributed by atoms with Gasteiger partial charge in [0.1, 0.15) is 0 Å². The highest BCUT2D eigenvalue weighted by Gasteiger charge is 2.10. The molecule has 0 amide bonds. The number of carbonyl (C=O) groups is 2. The maximum absolute atomic E-state index is 10.6. The van der Waals surface area contributed by atoms with Crippen LogP contribution in [0, 0.1) is 0 Å². The zero-order chi connectivity index (χ0) is 13.1. The lowest BCUT2D eigenvalue weighted by Crippen LogP contribution is -2.21. The molecule has 2 atom stereocenters. The molecular weight excluding hydrogens is 216 g/mol. The first-order chi connectivity index (χ1) is 7.40. The molecule has 0 aromatic carbocycles. The second kappa shape index (κ2) is 10.4. The Morgan fingerprint density at radius 3 is 1.88 bits per heavy atom. The molecule has 0 aliphatic heterocycles. The van der Waals surface area contributed by atoms with E-state index in [-0.39, 0.29) is 5.97 Å². The molecular formula is C10H20O6. The van der Waals surface area contributed by atoms with Crippen LogP contribution in [0.25, 0.3) is 0 Å². The third-order valence-electron chi connectivity index (χ3n) is 1.65. The Labute approximate surface area is 95.5 Å². The molecule has 0 heterocycles. The highest BCUT2D eigenvalue weighted by atomic mass is 16.6. The number of methoxy groups -OCH3 is 2. The van der Waals surface area contributed by atoms with Gasteiger partial charge in [0.25, 0.3) is 0 Å². The summed E-state index contributed by atoms with van der Waals surface area (Å²) in [5.41, 5.74) is 0. The normalized spacial score (nSPS) is 13.1. The Balaban J connectivity index is 0. The molecule has 0 aliphatic rings. The van der Waals surface area contributed by atoms with Gasteiger partial charge in [0.2, 0.25) is 0 Å². The SMILES string of the molecule is CCOC(C)C(=O)OC.COC(C)C(=O)O. The zero-order valence-electron chi connectivity index (χ0n) is 10.4. The number of rotatable bonds is 5. The highest BCUT2D eigenvalue weighted by molar-refractivity contribution is 5.73. The molecule has 0 radical (unpaired) electrons. The minimum absolute atomic E-state index is 0.322. The van der Waals surface area contributed by atoms with Crippen molar-refractivity contribution in [1.29, 1.82) is 0 Å². The van der Waals surface area contributed by atoms with Crippen LogP contribution >= 0.6 is 0 Å². The lowest BCUT2D eigenvalue weighted by atomic mass is 10.4. The first-order valence-corrected chi connectivity index (χ1v) is 4.85. The van der Waals surface area contributed by atoms with E-state index in [0.717, 1.165) is 0 Å². The maximum Gasteiger partial charge on any atom is 0.334 e. The fourth-order valence-electron chi connectivity index (χ4n) is 0.585. The van der Waals surface area contributed by atoms with Gasteiger partial charge < -0.3 is 19.3 Å². The Morgan fingerprint density at radius 1 is 1.19 bits per heavy atom. The minimum atomic E-state index is -0.928. The summed E-state index contributed by atoms with van der Waals surface area (Å²) in [6.45, 7) is 5.51. The molecule has 96 valence electrons. The molecule has 0 rings (SSSR count).